The molecule has 0 saturated carbocycles. The maximum absolute atomic E-state index is 12.4. The normalized spacial score (nSPS) is 21.8. The van der Waals surface area contributed by atoms with E-state index in [4.69, 9.17) is 14.2 Å². The zero-order chi connectivity index (χ0) is 23.2. The minimum atomic E-state index is -0.679. The predicted octanol–water partition coefficient (Wildman–Crippen LogP) is 2.49. The lowest BCUT2D eigenvalue weighted by Gasteiger charge is -2.31. The van der Waals surface area contributed by atoms with Crippen molar-refractivity contribution >= 4 is 17.6 Å². The molecule has 0 aromatic heterocycles. The van der Waals surface area contributed by atoms with Crippen molar-refractivity contribution < 1.29 is 28.9 Å². The largest absolute Gasteiger partial charge is 0.454 e. The van der Waals surface area contributed by atoms with Gasteiger partial charge in [0.1, 0.15) is 6.10 Å². The fraction of sp³-hybridized carbons (Fsp3) is 0.333. The molecule has 0 fully saturated rings. The maximum Gasteiger partial charge on any atom is 0.319 e. The van der Waals surface area contributed by atoms with Crippen molar-refractivity contribution in [3.05, 3.63) is 66.2 Å². The molecule has 0 spiro atoms. The van der Waals surface area contributed by atoms with Gasteiger partial charge in [-0.15, -0.1) is 0 Å². The number of carbonyl (C=O) groups is 2. The first kappa shape index (κ1) is 22.6. The fourth-order valence-corrected chi connectivity index (χ4v) is 3.74. The molecule has 0 aliphatic carbocycles. The minimum absolute atomic E-state index is 0.111. The Morgan fingerprint density at radius 1 is 1.09 bits per heavy atom. The number of benzene rings is 2. The Kier molecular flexibility index (Phi) is 7.11. The number of carbonyl (C=O) groups excluding carboxylic acids is 2. The van der Waals surface area contributed by atoms with Gasteiger partial charge in [0.25, 0.3) is 0 Å². The van der Waals surface area contributed by atoms with Gasteiger partial charge in [-0.25, -0.2) is 4.79 Å². The zero-order valence-electron chi connectivity index (χ0n) is 18.2. The van der Waals surface area contributed by atoms with Gasteiger partial charge in [0, 0.05) is 11.8 Å². The number of fused-ring (bicyclic) bond motifs is 1. The second kappa shape index (κ2) is 10.4. The summed E-state index contributed by atoms with van der Waals surface area (Å²) >= 11 is 0. The van der Waals surface area contributed by atoms with E-state index in [0.717, 1.165) is 5.56 Å². The van der Waals surface area contributed by atoms with E-state index in [1.54, 1.807) is 30.4 Å². The summed E-state index contributed by atoms with van der Waals surface area (Å²) in [7, 11) is 0. The van der Waals surface area contributed by atoms with Crippen LogP contribution in [-0.2, 0) is 9.53 Å². The third-order valence-electron chi connectivity index (χ3n) is 5.46. The monoisotopic (exact) mass is 453 g/mol. The number of hydrogen-bond acceptors (Lipinski definition) is 6. The van der Waals surface area contributed by atoms with Gasteiger partial charge >= 0.3 is 6.03 Å². The molecule has 0 bridgehead atoms. The first-order valence-electron chi connectivity index (χ1n) is 10.8. The smallest absolute Gasteiger partial charge is 0.319 e. The van der Waals surface area contributed by atoms with Crippen LogP contribution in [-0.4, -0.2) is 48.7 Å². The van der Waals surface area contributed by atoms with E-state index in [0.29, 0.717) is 17.2 Å². The average molecular weight is 453 g/mol. The van der Waals surface area contributed by atoms with Gasteiger partial charge in [0.15, 0.2) is 11.5 Å². The molecule has 2 aromatic rings. The van der Waals surface area contributed by atoms with Crippen LogP contribution in [0, 0.1) is 0 Å². The first-order chi connectivity index (χ1) is 16.0. The van der Waals surface area contributed by atoms with E-state index in [-0.39, 0.29) is 31.8 Å². The number of rotatable bonds is 7. The molecule has 4 N–H and O–H groups in total. The van der Waals surface area contributed by atoms with Crippen LogP contribution in [0.1, 0.15) is 24.9 Å². The first-order valence-corrected chi connectivity index (χ1v) is 10.8. The summed E-state index contributed by atoms with van der Waals surface area (Å²) in [6, 6.07) is 13.6. The van der Waals surface area contributed by atoms with Crippen LogP contribution in [0.3, 0.4) is 0 Å². The number of nitrogens with one attached hydrogen (secondary N) is 3. The van der Waals surface area contributed by atoms with Crippen molar-refractivity contribution in [3.63, 3.8) is 0 Å². The van der Waals surface area contributed by atoms with E-state index >= 15 is 0 Å². The molecular weight excluding hydrogens is 426 g/mol. The van der Waals surface area contributed by atoms with Crippen LogP contribution in [0.5, 0.6) is 11.5 Å². The molecule has 9 heteroatoms. The molecule has 2 aliphatic rings. The van der Waals surface area contributed by atoms with Gasteiger partial charge in [-0.3, -0.25) is 4.79 Å². The van der Waals surface area contributed by atoms with Crippen molar-refractivity contribution in [1.29, 1.82) is 0 Å². The molecule has 9 nitrogen and oxygen atoms in total. The molecule has 33 heavy (non-hydrogen) atoms. The number of anilines is 1. The standard InChI is InChI=1S/C24H27N3O6/c1-15(16-5-3-2-4-6-16)25-23(29)12-18-8-9-19(22(13-28)33-18)27-24(30)26-17-7-10-20-21(11-17)32-14-31-20/h2-11,15,18-19,22,28H,12-14H2,1H3,(H,25,29)(H2,26,27,30)/t15-,18-,19-,22-/m1/s1. The summed E-state index contributed by atoms with van der Waals surface area (Å²) in [6.07, 6.45) is 2.40. The number of aliphatic hydroxyl groups excluding tert-OH is 1. The Balaban J connectivity index is 1.29. The SMILES string of the molecule is C[C@@H](NC(=O)C[C@H]1C=C[C@@H](NC(=O)Nc2ccc3c(c2)OCO3)[C@@H](CO)O1)c1ccccc1. The van der Waals surface area contributed by atoms with Gasteiger partial charge in [-0.1, -0.05) is 42.5 Å². The van der Waals surface area contributed by atoms with E-state index in [1.165, 1.54) is 0 Å². The van der Waals surface area contributed by atoms with Crippen molar-refractivity contribution in [2.45, 2.75) is 37.6 Å². The van der Waals surface area contributed by atoms with E-state index in [9.17, 15) is 14.7 Å². The van der Waals surface area contributed by atoms with Gasteiger partial charge in [0.05, 0.1) is 31.2 Å². The fourth-order valence-electron chi connectivity index (χ4n) is 3.74. The third-order valence-corrected chi connectivity index (χ3v) is 5.46. The highest BCUT2D eigenvalue weighted by Gasteiger charge is 2.29. The maximum atomic E-state index is 12.4. The molecule has 3 amide bonds. The molecule has 2 heterocycles. The van der Waals surface area contributed by atoms with Crippen molar-refractivity contribution in [2.24, 2.45) is 0 Å². The highest BCUT2D eigenvalue weighted by atomic mass is 16.7. The van der Waals surface area contributed by atoms with Gasteiger partial charge in [0.2, 0.25) is 12.7 Å². The number of aliphatic hydroxyl groups is 1. The van der Waals surface area contributed by atoms with Crippen molar-refractivity contribution in [2.75, 3.05) is 18.7 Å². The Bertz CT molecular complexity index is 1010. The van der Waals surface area contributed by atoms with Crippen LogP contribution in [0.25, 0.3) is 0 Å². The lowest BCUT2D eigenvalue weighted by molar-refractivity contribution is -0.125. The van der Waals surface area contributed by atoms with Crippen molar-refractivity contribution in [3.8, 4) is 11.5 Å². The molecule has 0 saturated heterocycles. The molecule has 4 atom stereocenters. The number of hydrogen-bond donors (Lipinski definition) is 4. The van der Waals surface area contributed by atoms with Crippen LogP contribution in [0.2, 0.25) is 0 Å². The lowest BCUT2D eigenvalue weighted by Crippen LogP contribution is -2.50. The van der Waals surface area contributed by atoms with Crippen LogP contribution < -0.4 is 25.4 Å². The third kappa shape index (κ3) is 5.82. The van der Waals surface area contributed by atoms with E-state index < -0.39 is 24.3 Å². The Morgan fingerprint density at radius 3 is 2.67 bits per heavy atom. The van der Waals surface area contributed by atoms with Gasteiger partial charge in [-0.05, 0) is 24.6 Å². The van der Waals surface area contributed by atoms with Crippen molar-refractivity contribution in [1.82, 2.24) is 10.6 Å². The minimum Gasteiger partial charge on any atom is -0.454 e. The van der Waals surface area contributed by atoms with E-state index in [1.807, 2.05) is 37.3 Å². The van der Waals surface area contributed by atoms with E-state index in [2.05, 4.69) is 16.0 Å². The molecular formula is C24H27N3O6. The zero-order valence-corrected chi connectivity index (χ0v) is 18.2. The summed E-state index contributed by atoms with van der Waals surface area (Å²) < 4.78 is 16.4. The topological polar surface area (TPSA) is 118 Å². The van der Waals surface area contributed by atoms with Gasteiger partial charge in [-0.2, -0.15) is 0 Å². The van der Waals surface area contributed by atoms with Crippen LogP contribution in [0.15, 0.2) is 60.7 Å². The quantitative estimate of drug-likeness (QED) is 0.479. The molecule has 0 unspecified atom stereocenters. The number of ether oxygens (including phenoxy) is 3. The summed E-state index contributed by atoms with van der Waals surface area (Å²) in [5.74, 6) is 1.02. The second-order valence-electron chi connectivity index (χ2n) is 7.88. The Labute approximate surface area is 191 Å². The summed E-state index contributed by atoms with van der Waals surface area (Å²) in [6.45, 7) is 1.76. The lowest BCUT2D eigenvalue weighted by atomic mass is 10.0. The summed E-state index contributed by atoms with van der Waals surface area (Å²) in [4.78, 5) is 24.9. The second-order valence-corrected chi connectivity index (χ2v) is 7.88. The van der Waals surface area contributed by atoms with Gasteiger partial charge < -0.3 is 35.3 Å². The number of urea groups is 1. The molecule has 0 radical (unpaired) electrons. The molecule has 2 aromatic carbocycles. The number of amides is 3. The summed E-state index contributed by atoms with van der Waals surface area (Å²) in [5, 5.41) is 18.2. The highest BCUT2D eigenvalue weighted by molar-refractivity contribution is 5.90. The molecule has 2 aliphatic heterocycles. The van der Waals surface area contributed by atoms with Crippen LogP contribution in [0.4, 0.5) is 10.5 Å². The Morgan fingerprint density at radius 2 is 1.88 bits per heavy atom. The molecule has 174 valence electrons. The summed E-state index contributed by atoms with van der Waals surface area (Å²) in [5.41, 5.74) is 1.55. The Hall–Kier alpha value is -3.56. The highest BCUT2D eigenvalue weighted by Crippen LogP contribution is 2.34. The predicted molar refractivity (Wildman–Crippen MR) is 121 cm³/mol. The van der Waals surface area contributed by atoms with Crippen LogP contribution >= 0.6 is 0 Å². The average Bonchev–Trinajstić information content (AvgIpc) is 3.28. The molecule has 4 rings (SSSR count).